The van der Waals surface area contributed by atoms with Crippen LogP contribution < -0.4 is 20.7 Å². The van der Waals surface area contributed by atoms with Crippen molar-refractivity contribution in [3.63, 3.8) is 0 Å². The molecule has 0 aliphatic heterocycles. The van der Waals surface area contributed by atoms with Gasteiger partial charge in [0.2, 0.25) is 10.0 Å². The first-order valence-electron chi connectivity index (χ1n) is 11.1. The number of nitrogens with zero attached hydrogens (tertiary/aromatic N) is 1. The number of anilines is 1. The number of aliphatic hydroxyl groups is 1. The predicted molar refractivity (Wildman–Crippen MR) is 141 cm³/mol. The van der Waals surface area contributed by atoms with Gasteiger partial charge in [-0.05, 0) is 46.7 Å². The number of benzene rings is 3. The second-order valence-electron chi connectivity index (χ2n) is 9.22. The van der Waals surface area contributed by atoms with Gasteiger partial charge in [0.1, 0.15) is 5.75 Å². The molecule has 3 aromatic carbocycles. The highest BCUT2D eigenvalue weighted by atomic mass is 32.2. The van der Waals surface area contributed by atoms with Crippen molar-refractivity contribution in [2.24, 2.45) is 0 Å². The molecule has 0 saturated heterocycles. The Kier molecular flexibility index (Phi) is 6.50. The monoisotopic (exact) mass is 509 g/mol. The highest BCUT2D eigenvalue weighted by molar-refractivity contribution is 7.92. The highest BCUT2D eigenvalue weighted by Crippen LogP contribution is 2.41. The molecule has 1 heterocycles. The molecule has 10 heteroatoms. The van der Waals surface area contributed by atoms with E-state index in [0.717, 1.165) is 27.2 Å². The molecule has 0 radical (unpaired) electrons. The molecule has 0 spiro atoms. The zero-order valence-electron chi connectivity index (χ0n) is 20.3. The van der Waals surface area contributed by atoms with Gasteiger partial charge in [-0.3, -0.25) is 9.52 Å². The average Bonchev–Trinajstić information content (AvgIpc) is 2.82. The van der Waals surface area contributed by atoms with Crippen LogP contribution in [0.1, 0.15) is 19.4 Å². The summed E-state index contributed by atoms with van der Waals surface area (Å²) < 4.78 is 32.5. The number of hydrogen-bond donors (Lipinski definition) is 3. The minimum atomic E-state index is -3.41. The van der Waals surface area contributed by atoms with Gasteiger partial charge in [-0.1, -0.05) is 32.0 Å². The zero-order valence-corrected chi connectivity index (χ0v) is 21.1. The Balaban J connectivity index is 1.98. The summed E-state index contributed by atoms with van der Waals surface area (Å²) in [6.07, 6.45) is 2.38. The van der Waals surface area contributed by atoms with Crippen LogP contribution in [0.4, 0.5) is 5.69 Å². The highest BCUT2D eigenvalue weighted by Gasteiger charge is 2.27. The number of methoxy groups -OCH3 is 1. The number of aromatic amines is 1. The first-order chi connectivity index (χ1) is 16.9. The second-order valence-corrected chi connectivity index (χ2v) is 11.0. The smallest absolute Gasteiger partial charge is 0.332 e. The van der Waals surface area contributed by atoms with Crippen molar-refractivity contribution in [2.75, 3.05) is 24.7 Å². The van der Waals surface area contributed by atoms with Gasteiger partial charge in [-0.15, -0.1) is 0 Å². The fourth-order valence-corrected chi connectivity index (χ4v) is 4.68. The minimum absolute atomic E-state index is 0.194. The Morgan fingerprint density at radius 1 is 1.03 bits per heavy atom. The lowest BCUT2D eigenvalue weighted by atomic mass is 9.82. The maximum Gasteiger partial charge on any atom is 0.332 e. The zero-order chi connectivity index (χ0) is 26.3. The van der Waals surface area contributed by atoms with Crippen molar-refractivity contribution >= 4 is 26.5 Å². The van der Waals surface area contributed by atoms with Crippen LogP contribution in [-0.2, 0) is 15.4 Å². The van der Waals surface area contributed by atoms with Gasteiger partial charge in [0.05, 0.1) is 25.7 Å². The molecule has 3 N–H and O–H groups in total. The SMILES string of the molecule is COc1c(-c2ccc3cc(NS(C)(=O)=O)ccc3c2)cc(-n2c(=O)cc[nH]c2=O)cc1C(C)(C)CO. The predicted octanol–water partition coefficient (Wildman–Crippen LogP) is 3.00. The maximum atomic E-state index is 12.6. The molecule has 9 nitrogen and oxygen atoms in total. The number of H-pyrrole nitrogens is 1. The Hall–Kier alpha value is -3.89. The van der Waals surface area contributed by atoms with Crippen LogP contribution >= 0.6 is 0 Å². The van der Waals surface area contributed by atoms with Crippen molar-refractivity contribution in [3.05, 3.63) is 87.2 Å². The first kappa shape index (κ1) is 25.2. The van der Waals surface area contributed by atoms with E-state index in [0.29, 0.717) is 28.3 Å². The summed E-state index contributed by atoms with van der Waals surface area (Å²) in [4.78, 5) is 27.7. The van der Waals surface area contributed by atoms with E-state index >= 15 is 0 Å². The summed E-state index contributed by atoms with van der Waals surface area (Å²) in [5.74, 6) is 0.507. The van der Waals surface area contributed by atoms with Crippen LogP contribution in [0.3, 0.4) is 0 Å². The van der Waals surface area contributed by atoms with Crippen LogP contribution in [0.5, 0.6) is 5.75 Å². The van der Waals surface area contributed by atoms with Crippen molar-refractivity contribution in [1.29, 1.82) is 0 Å². The Morgan fingerprint density at radius 2 is 1.72 bits per heavy atom. The van der Waals surface area contributed by atoms with E-state index in [-0.39, 0.29) is 6.61 Å². The molecule has 188 valence electrons. The van der Waals surface area contributed by atoms with E-state index < -0.39 is 26.7 Å². The Morgan fingerprint density at radius 3 is 2.36 bits per heavy atom. The number of aromatic nitrogens is 2. The fraction of sp³-hybridized carbons (Fsp3) is 0.231. The van der Waals surface area contributed by atoms with E-state index in [4.69, 9.17) is 4.74 Å². The lowest BCUT2D eigenvalue weighted by molar-refractivity contribution is 0.215. The molecule has 0 amide bonds. The first-order valence-corrected chi connectivity index (χ1v) is 13.0. The molecule has 0 aliphatic carbocycles. The van der Waals surface area contributed by atoms with E-state index in [1.54, 1.807) is 30.3 Å². The maximum absolute atomic E-state index is 12.6. The van der Waals surface area contributed by atoms with Crippen LogP contribution in [0.2, 0.25) is 0 Å². The van der Waals surface area contributed by atoms with Crippen molar-refractivity contribution in [1.82, 2.24) is 9.55 Å². The summed E-state index contributed by atoms with van der Waals surface area (Å²) >= 11 is 0. The van der Waals surface area contributed by atoms with E-state index in [2.05, 4.69) is 9.71 Å². The van der Waals surface area contributed by atoms with Gasteiger partial charge < -0.3 is 14.8 Å². The average molecular weight is 510 g/mol. The van der Waals surface area contributed by atoms with Gasteiger partial charge in [-0.25, -0.2) is 17.8 Å². The van der Waals surface area contributed by atoms with Crippen LogP contribution in [0, 0.1) is 0 Å². The molecule has 0 bridgehead atoms. The summed E-state index contributed by atoms with van der Waals surface area (Å²) in [5, 5.41) is 11.8. The number of fused-ring (bicyclic) bond motifs is 1. The summed E-state index contributed by atoms with van der Waals surface area (Å²) in [5.41, 5.74) is 0.965. The summed E-state index contributed by atoms with van der Waals surface area (Å²) in [7, 11) is -1.88. The van der Waals surface area contributed by atoms with E-state index in [1.807, 2.05) is 32.0 Å². The molecule has 1 aromatic heterocycles. The number of aliphatic hydroxyl groups excluding tert-OH is 1. The van der Waals surface area contributed by atoms with Crippen molar-refractivity contribution < 1.29 is 18.3 Å². The van der Waals surface area contributed by atoms with E-state index in [1.165, 1.54) is 19.4 Å². The van der Waals surface area contributed by atoms with Crippen LogP contribution in [0.15, 0.2) is 70.4 Å². The van der Waals surface area contributed by atoms with Gasteiger partial charge in [0, 0.05) is 34.5 Å². The topological polar surface area (TPSA) is 130 Å². The quantitative estimate of drug-likeness (QED) is 0.351. The van der Waals surface area contributed by atoms with Gasteiger partial charge in [-0.2, -0.15) is 0 Å². The van der Waals surface area contributed by atoms with Crippen molar-refractivity contribution in [3.8, 4) is 22.6 Å². The van der Waals surface area contributed by atoms with E-state index in [9.17, 15) is 23.1 Å². The number of rotatable bonds is 7. The third-order valence-corrected chi connectivity index (χ3v) is 6.58. The standard InChI is InChI=1S/C26H27N3O6S/c1-26(2,15-30)22-14-20(29-23(31)9-10-27-25(29)32)13-21(24(22)35-3)18-6-5-17-12-19(28-36(4,33)34)8-7-16(17)11-18/h5-14,28,30H,15H2,1-4H3,(H,27,32). The van der Waals surface area contributed by atoms with Gasteiger partial charge >= 0.3 is 5.69 Å². The van der Waals surface area contributed by atoms with Crippen LogP contribution in [-0.4, -0.2) is 43.0 Å². The third-order valence-electron chi connectivity index (χ3n) is 5.97. The molecule has 4 rings (SSSR count). The number of nitrogens with one attached hydrogen (secondary N) is 2. The second kappa shape index (κ2) is 9.29. The van der Waals surface area contributed by atoms with Crippen LogP contribution in [0.25, 0.3) is 27.6 Å². The molecule has 0 unspecified atom stereocenters. The largest absolute Gasteiger partial charge is 0.496 e. The lowest BCUT2D eigenvalue weighted by Gasteiger charge is -2.27. The van der Waals surface area contributed by atoms with Crippen molar-refractivity contribution in [2.45, 2.75) is 19.3 Å². The molecular weight excluding hydrogens is 482 g/mol. The number of sulfonamides is 1. The molecule has 0 saturated carbocycles. The number of ether oxygens (including phenoxy) is 1. The third kappa shape index (κ3) is 4.91. The molecule has 36 heavy (non-hydrogen) atoms. The molecule has 0 aliphatic rings. The minimum Gasteiger partial charge on any atom is -0.496 e. The molecule has 0 atom stereocenters. The fourth-order valence-electron chi connectivity index (χ4n) is 4.12. The Labute approximate surface area is 208 Å². The summed E-state index contributed by atoms with van der Waals surface area (Å²) in [6, 6.07) is 15.5. The molecule has 4 aromatic rings. The van der Waals surface area contributed by atoms with Gasteiger partial charge in [0.15, 0.2) is 0 Å². The molecular formula is C26H27N3O6S. The number of hydrogen-bond acceptors (Lipinski definition) is 6. The normalized spacial score (nSPS) is 12.0. The van der Waals surface area contributed by atoms with Gasteiger partial charge in [0.25, 0.3) is 5.56 Å². The lowest BCUT2D eigenvalue weighted by Crippen LogP contribution is -2.33. The molecule has 0 fully saturated rings. The summed E-state index contributed by atoms with van der Waals surface area (Å²) in [6.45, 7) is 3.49. The Bertz CT molecular complexity index is 1660.